The van der Waals surface area contributed by atoms with Crippen molar-refractivity contribution in [2.75, 3.05) is 26.3 Å². The van der Waals surface area contributed by atoms with Gasteiger partial charge in [0.15, 0.2) is 0 Å². The number of fused-ring (bicyclic) bond motifs is 1. The van der Waals surface area contributed by atoms with Crippen LogP contribution in [-0.4, -0.2) is 41.7 Å². The predicted octanol–water partition coefficient (Wildman–Crippen LogP) is 5.57. The van der Waals surface area contributed by atoms with Gasteiger partial charge in [0.25, 0.3) is 5.91 Å². The predicted molar refractivity (Wildman–Crippen MR) is 114 cm³/mol. The second-order valence-electron chi connectivity index (χ2n) is 7.43. The molecule has 1 aliphatic heterocycles. The lowest BCUT2D eigenvalue weighted by Gasteiger charge is -2.27. The van der Waals surface area contributed by atoms with Crippen LogP contribution in [0, 0.1) is 0 Å². The number of halogens is 5. The number of hydrogen-bond donors (Lipinski definition) is 0. The Bertz CT molecular complexity index is 1150. The second-order valence-corrected chi connectivity index (χ2v) is 8.22. The summed E-state index contributed by atoms with van der Waals surface area (Å²) in [5.41, 5.74) is 1.39. The quantitative estimate of drug-likeness (QED) is 0.501. The monoisotopic (exact) mass is 470 g/mol. The van der Waals surface area contributed by atoms with E-state index in [0.717, 1.165) is 17.8 Å². The van der Waals surface area contributed by atoms with Crippen LogP contribution in [0.1, 0.15) is 27.2 Å². The summed E-state index contributed by atoms with van der Waals surface area (Å²) in [5, 5.41) is 1.33. The highest BCUT2D eigenvalue weighted by molar-refractivity contribution is 6.38. The molecular formula is C22H19Cl2F3N2O2. The third kappa shape index (κ3) is 4.27. The molecule has 2 aromatic carbocycles. The zero-order chi connectivity index (χ0) is 22.3. The SMILES string of the molecule is Cn1c(Cc2c(Cl)ccc(C(=O)N3CCOCC3)c2Cl)cc2ccc(C(F)(F)F)cc21. The molecule has 1 amide bonds. The van der Waals surface area contributed by atoms with E-state index < -0.39 is 11.7 Å². The molecule has 4 rings (SSSR count). The standard InChI is InChI=1S/C22H19Cl2F3N2O2/c1-28-15(10-13-2-3-14(11-19(13)28)22(25,26)27)12-17-18(23)5-4-16(20(17)24)21(30)29-6-8-31-9-7-29/h2-5,10-11H,6-9,12H2,1H3. The number of carbonyl (C=O) groups is 1. The van der Waals surface area contributed by atoms with Crippen LogP contribution in [0.25, 0.3) is 10.9 Å². The van der Waals surface area contributed by atoms with Gasteiger partial charge in [-0.15, -0.1) is 0 Å². The molecule has 0 unspecified atom stereocenters. The van der Waals surface area contributed by atoms with Crippen molar-refractivity contribution in [3.63, 3.8) is 0 Å². The van der Waals surface area contributed by atoms with Crippen molar-refractivity contribution in [2.24, 2.45) is 7.05 Å². The van der Waals surface area contributed by atoms with Crippen LogP contribution >= 0.6 is 23.2 Å². The minimum Gasteiger partial charge on any atom is -0.378 e. The lowest BCUT2D eigenvalue weighted by Crippen LogP contribution is -2.40. The highest BCUT2D eigenvalue weighted by Crippen LogP contribution is 2.35. The number of alkyl halides is 3. The van der Waals surface area contributed by atoms with E-state index in [1.807, 2.05) is 0 Å². The molecule has 3 aromatic rings. The Morgan fingerprint density at radius 3 is 2.48 bits per heavy atom. The van der Waals surface area contributed by atoms with Crippen molar-refractivity contribution >= 4 is 40.0 Å². The molecule has 1 aromatic heterocycles. The van der Waals surface area contributed by atoms with Gasteiger partial charge in [-0.3, -0.25) is 4.79 Å². The van der Waals surface area contributed by atoms with E-state index >= 15 is 0 Å². The van der Waals surface area contributed by atoms with E-state index in [9.17, 15) is 18.0 Å². The average molecular weight is 471 g/mol. The molecule has 9 heteroatoms. The van der Waals surface area contributed by atoms with Gasteiger partial charge >= 0.3 is 6.18 Å². The largest absolute Gasteiger partial charge is 0.416 e. The minimum absolute atomic E-state index is 0.196. The third-order valence-electron chi connectivity index (χ3n) is 5.54. The lowest BCUT2D eigenvalue weighted by atomic mass is 10.0. The number of morpholine rings is 1. The molecular weight excluding hydrogens is 452 g/mol. The van der Waals surface area contributed by atoms with E-state index in [2.05, 4.69) is 0 Å². The number of benzene rings is 2. The Labute approximate surface area is 187 Å². The number of amides is 1. The van der Waals surface area contributed by atoms with Crippen LogP contribution in [-0.2, 0) is 24.4 Å². The van der Waals surface area contributed by atoms with Crippen LogP contribution in [0.15, 0.2) is 36.4 Å². The van der Waals surface area contributed by atoms with Crippen molar-refractivity contribution in [1.82, 2.24) is 9.47 Å². The molecule has 1 aliphatic rings. The number of rotatable bonds is 3. The molecule has 31 heavy (non-hydrogen) atoms. The molecule has 1 saturated heterocycles. The second kappa shape index (κ2) is 8.37. The molecule has 0 spiro atoms. The Kier molecular flexibility index (Phi) is 5.94. The summed E-state index contributed by atoms with van der Waals surface area (Å²) < 4.78 is 46.3. The van der Waals surface area contributed by atoms with Crippen molar-refractivity contribution in [3.8, 4) is 0 Å². The molecule has 0 bridgehead atoms. The summed E-state index contributed by atoms with van der Waals surface area (Å²) in [5.74, 6) is -0.196. The van der Waals surface area contributed by atoms with Crippen LogP contribution in [0.5, 0.6) is 0 Å². The summed E-state index contributed by atoms with van der Waals surface area (Å²) in [6, 6.07) is 8.67. The number of hydrogen-bond acceptors (Lipinski definition) is 2. The summed E-state index contributed by atoms with van der Waals surface area (Å²) in [6.07, 6.45) is -4.14. The highest BCUT2D eigenvalue weighted by atomic mass is 35.5. The van der Waals surface area contributed by atoms with Gasteiger partial charge in [-0.25, -0.2) is 0 Å². The highest BCUT2D eigenvalue weighted by Gasteiger charge is 2.31. The Hall–Kier alpha value is -2.22. The first-order chi connectivity index (χ1) is 14.7. The Morgan fingerprint density at radius 2 is 1.81 bits per heavy atom. The molecule has 1 fully saturated rings. The van der Waals surface area contributed by atoms with E-state index in [-0.39, 0.29) is 17.4 Å². The lowest BCUT2D eigenvalue weighted by molar-refractivity contribution is -0.137. The van der Waals surface area contributed by atoms with E-state index in [1.54, 1.807) is 34.7 Å². The molecule has 0 aliphatic carbocycles. The van der Waals surface area contributed by atoms with Gasteiger partial charge in [-0.1, -0.05) is 29.3 Å². The van der Waals surface area contributed by atoms with Crippen LogP contribution in [0.2, 0.25) is 10.0 Å². The number of nitrogens with zero attached hydrogens (tertiary/aromatic N) is 2. The van der Waals surface area contributed by atoms with Gasteiger partial charge in [-0.2, -0.15) is 13.2 Å². The van der Waals surface area contributed by atoms with E-state index in [1.165, 1.54) is 6.07 Å². The fraction of sp³-hybridized carbons (Fsp3) is 0.318. The van der Waals surface area contributed by atoms with Crippen molar-refractivity contribution < 1.29 is 22.7 Å². The minimum atomic E-state index is -4.42. The summed E-state index contributed by atoms with van der Waals surface area (Å²) >= 11 is 13.0. The maximum Gasteiger partial charge on any atom is 0.416 e. The number of aromatic nitrogens is 1. The van der Waals surface area contributed by atoms with Gasteiger partial charge in [0.05, 0.1) is 29.4 Å². The Balaban J connectivity index is 1.70. The molecule has 0 saturated carbocycles. The molecule has 4 nitrogen and oxygen atoms in total. The molecule has 2 heterocycles. The molecule has 164 valence electrons. The molecule has 0 radical (unpaired) electrons. The number of aryl methyl sites for hydroxylation is 1. The van der Waals surface area contributed by atoms with Gasteiger partial charge in [-0.05, 0) is 41.3 Å². The van der Waals surface area contributed by atoms with E-state index in [0.29, 0.717) is 53.4 Å². The fourth-order valence-electron chi connectivity index (χ4n) is 3.78. The third-order valence-corrected chi connectivity index (χ3v) is 6.33. The van der Waals surface area contributed by atoms with Gasteiger partial charge in [0.2, 0.25) is 0 Å². The maximum atomic E-state index is 13.1. The van der Waals surface area contributed by atoms with Gasteiger partial charge < -0.3 is 14.2 Å². The van der Waals surface area contributed by atoms with Crippen molar-refractivity contribution in [1.29, 1.82) is 0 Å². The van der Waals surface area contributed by atoms with Crippen molar-refractivity contribution in [2.45, 2.75) is 12.6 Å². The summed E-state index contributed by atoms with van der Waals surface area (Å²) in [6.45, 7) is 1.91. The first-order valence-corrected chi connectivity index (χ1v) is 10.4. The van der Waals surface area contributed by atoms with Crippen LogP contribution in [0.3, 0.4) is 0 Å². The summed E-state index contributed by atoms with van der Waals surface area (Å²) in [4.78, 5) is 14.6. The normalized spacial score (nSPS) is 15.0. The Morgan fingerprint density at radius 1 is 1.10 bits per heavy atom. The molecule has 0 atom stereocenters. The number of carbonyl (C=O) groups excluding carboxylic acids is 1. The summed E-state index contributed by atoms with van der Waals surface area (Å²) in [7, 11) is 1.70. The van der Waals surface area contributed by atoms with Crippen molar-refractivity contribution in [3.05, 3.63) is 68.8 Å². The molecule has 0 N–H and O–H groups in total. The van der Waals surface area contributed by atoms with Gasteiger partial charge in [0.1, 0.15) is 0 Å². The van der Waals surface area contributed by atoms with Crippen LogP contribution in [0.4, 0.5) is 13.2 Å². The maximum absolute atomic E-state index is 13.1. The first kappa shape index (κ1) is 22.0. The van der Waals surface area contributed by atoms with Crippen LogP contribution < -0.4 is 0 Å². The smallest absolute Gasteiger partial charge is 0.378 e. The first-order valence-electron chi connectivity index (χ1n) is 9.66. The topological polar surface area (TPSA) is 34.5 Å². The fourth-order valence-corrected chi connectivity index (χ4v) is 4.36. The zero-order valence-corrected chi connectivity index (χ0v) is 18.1. The average Bonchev–Trinajstić information content (AvgIpc) is 3.05. The zero-order valence-electron chi connectivity index (χ0n) is 16.6. The van der Waals surface area contributed by atoms with Gasteiger partial charge in [0, 0.05) is 42.8 Å². The van der Waals surface area contributed by atoms with E-state index in [4.69, 9.17) is 27.9 Å². The number of ether oxygens (including phenoxy) is 1.